The highest BCUT2D eigenvalue weighted by Crippen LogP contribution is 2.40. The lowest BCUT2D eigenvalue weighted by Crippen LogP contribution is -2.31. The van der Waals surface area contributed by atoms with Crippen LogP contribution in [0.2, 0.25) is 5.02 Å². The molecule has 0 amide bonds. The molecule has 1 aliphatic heterocycles. The van der Waals surface area contributed by atoms with Gasteiger partial charge in [0.2, 0.25) is 12.1 Å². The third kappa shape index (κ3) is 4.46. The number of aromatic nitrogens is 1. The molecule has 35 heavy (non-hydrogen) atoms. The van der Waals surface area contributed by atoms with E-state index >= 15 is 0 Å². The summed E-state index contributed by atoms with van der Waals surface area (Å²) < 4.78 is 60.3. The molecule has 3 heterocycles. The lowest BCUT2D eigenvalue weighted by molar-refractivity contribution is -0.137. The Kier molecular flexibility index (Phi) is 5.94. The normalized spacial score (nSPS) is 15.7. The number of benzene rings is 2. The summed E-state index contributed by atoms with van der Waals surface area (Å²) in [6.07, 6.45) is -1.14. The Morgan fingerprint density at radius 3 is 2.57 bits per heavy atom. The summed E-state index contributed by atoms with van der Waals surface area (Å²) in [5.74, 6) is 0.166. The van der Waals surface area contributed by atoms with Crippen LogP contribution in [-0.2, 0) is 17.6 Å². The lowest BCUT2D eigenvalue weighted by atomic mass is 10.00. The van der Waals surface area contributed by atoms with Crippen LogP contribution >= 0.6 is 11.6 Å². The number of alkyl halides is 3. The molecular formula is C25H16ClF4N3O2. The van der Waals surface area contributed by atoms with Crippen LogP contribution in [0.15, 0.2) is 88.9 Å². The number of oxime groups is 1. The fourth-order valence-corrected chi connectivity index (χ4v) is 4.09. The van der Waals surface area contributed by atoms with Crippen molar-refractivity contribution in [2.24, 2.45) is 5.16 Å². The quantitative estimate of drug-likeness (QED) is 0.275. The number of amidine groups is 1. The largest absolute Gasteiger partial charge is 0.461 e. The Morgan fingerprint density at radius 1 is 1.00 bits per heavy atom. The first-order valence-corrected chi connectivity index (χ1v) is 10.8. The molecular weight excluding hydrogens is 486 g/mol. The molecule has 2 aromatic heterocycles. The van der Waals surface area contributed by atoms with E-state index in [1.54, 1.807) is 47.5 Å². The van der Waals surface area contributed by atoms with Gasteiger partial charge < -0.3 is 14.2 Å². The molecule has 2 aromatic carbocycles. The zero-order valence-corrected chi connectivity index (χ0v) is 18.6. The van der Waals surface area contributed by atoms with E-state index in [9.17, 15) is 17.6 Å². The summed E-state index contributed by atoms with van der Waals surface area (Å²) >= 11 is 6.30. The maximum atomic E-state index is 14.6. The SMILES string of the molecule is Fc1ccccc1-c1ccncc1CN1C(c2ccco2)=NOC1c1cc(C(F)(F)F)ccc1Cl. The minimum Gasteiger partial charge on any atom is -0.461 e. The number of nitrogens with zero attached hydrogens (tertiary/aromatic N) is 3. The molecule has 4 aromatic rings. The van der Waals surface area contributed by atoms with E-state index in [1.807, 2.05) is 0 Å². The average Bonchev–Trinajstić information content (AvgIpc) is 3.50. The summed E-state index contributed by atoms with van der Waals surface area (Å²) in [4.78, 5) is 11.3. The first-order valence-electron chi connectivity index (χ1n) is 10.4. The van der Waals surface area contributed by atoms with E-state index in [0.717, 1.165) is 12.1 Å². The summed E-state index contributed by atoms with van der Waals surface area (Å²) in [6, 6.07) is 14.2. The molecule has 5 rings (SSSR count). The summed E-state index contributed by atoms with van der Waals surface area (Å²) in [7, 11) is 0. The van der Waals surface area contributed by atoms with E-state index in [1.165, 1.54) is 24.6 Å². The highest BCUT2D eigenvalue weighted by Gasteiger charge is 2.38. The molecule has 5 nitrogen and oxygen atoms in total. The maximum absolute atomic E-state index is 14.6. The second-order valence-electron chi connectivity index (χ2n) is 7.72. The van der Waals surface area contributed by atoms with Gasteiger partial charge in [0, 0.05) is 28.5 Å². The van der Waals surface area contributed by atoms with Crippen LogP contribution in [0.25, 0.3) is 11.1 Å². The number of furan rings is 1. The monoisotopic (exact) mass is 501 g/mol. The van der Waals surface area contributed by atoms with Gasteiger partial charge >= 0.3 is 6.18 Å². The van der Waals surface area contributed by atoms with Gasteiger partial charge in [-0.1, -0.05) is 35.0 Å². The van der Waals surface area contributed by atoms with Gasteiger partial charge in [-0.3, -0.25) is 4.98 Å². The molecule has 10 heteroatoms. The fraction of sp³-hybridized carbons (Fsp3) is 0.120. The number of pyridine rings is 1. The second kappa shape index (κ2) is 9.07. The molecule has 178 valence electrons. The van der Waals surface area contributed by atoms with Crippen LogP contribution in [0, 0.1) is 5.82 Å². The van der Waals surface area contributed by atoms with Gasteiger partial charge in [0.15, 0.2) is 5.76 Å². The molecule has 0 spiro atoms. The Bertz CT molecular complexity index is 1390. The van der Waals surface area contributed by atoms with E-state index in [2.05, 4.69) is 10.1 Å². The minimum absolute atomic E-state index is 0.0638. The summed E-state index contributed by atoms with van der Waals surface area (Å²) in [5, 5.41) is 4.15. The molecule has 0 saturated heterocycles. The van der Waals surface area contributed by atoms with Crippen molar-refractivity contribution in [3.05, 3.63) is 113 Å². The third-order valence-corrected chi connectivity index (χ3v) is 5.88. The predicted octanol–water partition coefficient (Wildman–Crippen LogP) is 7.05. The van der Waals surface area contributed by atoms with Crippen molar-refractivity contribution in [2.45, 2.75) is 18.9 Å². The van der Waals surface area contributed by atoms with E-state index < -0.39 is 23.8 Å². The van der Waals surface area contributed by atoms with E-state index in [0.29, 0.717) is 22.5 Å². The zero-order chi connectivity index (χ0) is 24.6. The topological polar surface area (TPSA) is 50.9 Å². The molecule has 1 unspecified atom stereocenters. The van der Waals surface area contributed by atoms with Gasteiger partial charge in [0.05, 0.1) is 18.4 Å². The van der Waals surface area contributed by atoms with Crippen LogP contribution in [0.5, 0.6) is 0 Å². The van der Waals surface area contributed by atoms with Gasteiger partial charge in [-0.15, -0.1) is 0 Å². The zero-order valence-electron chi connectivity index (χ0n) is 17.8. The van der Waals surface area contributed by atoms with Crippen molar-refractivity contribution in [3.8, 4) is 11.1 Å². The van der Waals surface area contributed by atoms with Crippen molar-refractivity contribution in [1.29, 1.82) is 0 Å². The molecule has 1 atom stereocenters. The lowest BCUT2D eigenvalue weighted by Gasteiger charge is -2.27. The average molecular weight is 502 g/mol. The molecule has 0 fully saturated rings. The first kappa shape index (κ1) is 22.9. The van der Waals surface area contributed by atoms with Crippen LogP contribution in [-0.4, -0.2) is 15.7 Å². The molecule has 0 bridgehead atoms. The number of hydrogen-bond acceptors (Lipinski definition) is 5. The van der Waals surface area contributed by atoms with Gasteiger partial charge in [-0.2, -0.15) is 13.2 Å². The molecule has 1 aliphatic rings. The molecule has 0 saturated carbocycles. The van der Waals surface area contributed by atoms with Crippen LogP contribution in [0.3, 0.4) is 0 Å². The van der Waals surface area contributed by atoms with Crippen LogP contribution < -0.4 is 0 Å². The number of hydrogen-bond donors (Lipinski definition) is 0. The third-order valence-electron chi connectivity index (χ3n) is 5.53. The smallest absolute Gasteiger partial charge is 0.416 e. The Hall–Kier alpha value is -3.85. The number of halogens is 5. The standard InChI is InChI=1S/C25H16ClF4N3O2/c26-20-8-7-16(25(28,29)30)12-19(20)24-33(23(32-35-24)22-6-3-11-34-22)14-15-13-31-10-9-17(15)18-4-1-2-5-21(18)27/h1-13,24H,14H2. The predicted molar refractivity (Wildman–Crippen MR) is 121 cm³/mol. The maximum Gasteiger partial charge on any atom is 0.416 e. The summed E-state index contributed by atoms with van der Waals surface area (Å²) in [6.45, 7) is 0.0638. The highest BCUT2D eigenvalue weighted by molar-refractivity contribution is 6.31. The van der Waals surface area contributed by atoms with Crippen molar-refractivity contribution in [3.63, 3.8) is 0 Å². The Labute approximate surface area is 202 Å². The van der Waals surface area contributed by atoms with Crippen LogP contribution in [0.4, 0.5) is 17.6 Å². The Morgan fingerprint density at radius 2 is 1.83 bits per heavy atom. The van der Waals surface area contributed by atoms with Crippen molar-refractivity contribution in [1.82, 2.24) is 9.88 Å². The van der Waals surface area contributed by atoms with Crippen molar-refractivity contribution < 1.29 is 26.8 Å². The van der Waals surface area contributed by atoms with Gasteiger partial charge in [-0.05, 0) is 53.6 Å². The number of rotatable bonds is 5. The Balaban J connectivity index is 1.59. The molecule has 0 radical (unpaired) electrons. The summed E-state index contributed by atoms with van der Waals surface area (Å²) in [5.41, 5.74) is 0.715. The first-order chi connectivity index (χ1) is 16.8. The molecule has 0 aliphatic carbocycles. The van der Waals surface area contributed by atoms with Gasteiger partial charge in [-0.25, -0.2) is 4.39 Å². The molecule has 0 N–H and O–H groups in total. The van der Waals surface area contributed by atoms with Crippen molar-refractivity contribution >= 4 is 17.4 Å². The van der Waals surface area contributed by atoms with Gasteiger partial charge in [0.1, 0.15) is 5.82 Å². The van der Waals surface area contributed by atoms with Crippen LogP contribution in [0.1, 0.15) is 28.7 Å². The fourth-order valence-electron chi connectivity index (χ4n) is 3.88. The van der Waals surface area contributed by atoms with Gasteiger partial charge in [0.25, 0.3) is 0 Å². The minimum atomic E-state index is -4.57. The van der Waals surface area contributed by atoms with E-state index in [-0.39, 0.29) is 23.0 Å². The second-order valence-corrected chi connectivity index (χ2v) is 8.13. The van der Waals surface area contributed by atoms with Crippen molar-refractivity contribution in [2.75, 3.05) is 0 Å². The highest BCUT2D eigenvalue weighted by atomic mass is 35.5. The van der Waals surface area contributed by atoms with E-state index in [4.69, 9.17) is 20.9 Å².